The summed E-state index contributed by atoms with van der Waals surface area (Å²) in [5.74, 6) is 1.22. The van der Waals surface area contributed by atoms with Crippen molar-refractivity contribution in [2.24, 2.45) is 16.1 Å². The van der Waals surface area contributed by atoms with E-state index < -0.39 is 0 Å². The fourth-order valence-electron chi connectivity index (χ4n) is 4.68. The lowest BCUT2D eigenvalue weighted by Gasteiger charge is -2.29. The molecule has 30 heavy (non-hydrogen) atoms. The Kier molecular flexibility index (Phi) is 5.34. The molecule has 2 aromatic rings. The molecular weight excluding hydrogens is 419 g/mol. The normalized spacial score (nSPS) is 23.2. The van der Waals surface area contributed by atoms with E-state index in [0.29, 0.717) is 17.5 Å². The number of hydrogen-bond donors (Lipinski definition) is 1. The average Bonchev–Trinajstić information content (AvgIpc) is 3.03. The number of benzene rings is 1. The van der Waals surface area contributed by atoms with E-state index in [4.69, 9.17) is 27.9 Å². The van der Waals surface area contributed by atoms with Crippen LogP contribution >= 0.6 is 23.2 Å². The SMILES string of the molecule is CN1CC=C(Cl)C=c2[nH]c3c(c21)CN=NC=3[C@H]1CC[C@H](Oc2cccc(Cl)c2)CC1. The van der Waals surface area contributed by atoms with Gasteiger partial charge in [-0.15, -0.1) is 0 Å². The van der Waals surface area contributed by atoms with Crippen LogP contribution in [0.1, 0.15) is 31.2 Å². The van der Waals surface area contributed by atoms with E-state index in [1.807, 2.05) is 36.4 Å². The lowest BCUT2D eigenvalue weighted by Crippen LogP contribution is -2.28. The Morgan fingerprint density at radius 1 is 1.17 bits per heavy atom. The van der Waals surface area contributed by atoms with Crippen molar-refractivity contribution in [1.29, 1.82) is 0 Å². The number of azo groups is 1. The van der Waals surface area contributed by atoms with Crippen LogP contribution in [0.25, 0.3) is 11.8 Å². The largest absolute Gasteiger partial charge is 0.490 e. The number of rotatable bonds is 3. The monoisotopic (exact) mass is 442 g/mol. The minimum atomic E-state index is 0.212. The summed E-state index contributed by atoms with van der Waals surface area (Å²) in [6.45, 7) is 1.39. The minimum Gasteiger partial charge on any atom is -0.490 e. The van der Waals surface area contributed by atoms with Gasteiger partial charge in [0.2, 0.25) is 0 Å². The van der Waals surface area contributed by atoms with Gasteiger partial charge >= 0.3 is 0 Å². The van der Waals surface area contributed by atoms with Gasteiger partial charge < -0.3 is 14.6 Å². The molecule has 1 aromatic carbocycles. The van der Waals surface area contributed by atoms with Crippen molar-refractivity contribution in [2.45, 2.75) is 38.3 Å². The summed E-state index contributed by atoms with van der Waals surface area (Å²) in [5.41, 5.74) is 3.49. The number of hydrogen-bond acceptors (Lipinski definition) is 4. The average molecular weight is 443 g/mol. The molecule has 0 radical (unpaired) electrons. The standard InChI is InChI=1S/C23H24Cl2N4O/c1-29-10-9-16(25)12-20-23(29)19-13-26-28-21(22(19)27-20)14-5-7-17(8-6-14)30-18-4-2-3-15(24)11-18/h2-4,9,11-12,14,17,27H,5-8,10,13H2,1H3/t14-,17-. The Labute approximate surface area is 185 Å². The topological polar surface area (TPSA) is 53.0 Å². The molecule has 0 amide bonds. The fourth-order valence-corrected chi connectivity index (χ4v) is 5.04. The molecule has 0 atom stereocenters. The predicted molar refractivity (Wildman–Crippen MR) is 122 cm³/mol. The molecule has 7 heteroatoms. The molecule has 0 unspecified atom stereocenters. The zero-order valence-corrected chi connectivity index (χ0v) is 18.4. The summed E-state index contributed by atoms with van der Waals surface area (Å²) in [6.07, 6.45) is 8.29. The first-order valence-corrected chi connectivity index (χ1v) is 11.2. The van der Waals surface area contributed by atoms with E-state index in [1.165, 1.54) is 11.3 Å². The third-order valence-electron chi connectivity index (χ3n) is 6.15. The molecule has 0 bridgehead atoms. The van der Waals surface area contributed by atoms with Crippen LogP contribution in [0, 0.1) is 5.92 Å². The third kappa shape index (κ3) is 3.77. The van der Waals surface area contributed by atoms with Crippen LogP contribution in [0.15, 0.2) is 45.6 Å². The lowest BCUT2D eigenvalue weighted by molar-refractivity contribution is 0.142. The highest BCUT2D eigenvalue weighted by atomic mass is 35.5. The van der Waals surface area contributed by atoms with E-state index in [9.17, 15) is 0 Å². The van der Waals surface area contributed by atoms with Gasteiger partial charge in [-0.2, -0.15) is 10.2 Å². The highest BCUT2D eigenvalue weighted by molar-refractivity contribution is 6.34. The second-order valence-electron chi connectivity index (χ2n) is 8.19. The van der Waals surface area contributed by atoms with E-state index >= 15 is 0 Å². The van der Waals surface area contributed by atoms with Crippen LogP contribution < -0.4 is 20.3 Å². The first kappa shape index (κ1) is 19.7. The highest BCUT2D eigenvalue weighted by Crippen LogP contribution is 2.35. The van der Waals surface area contributed by atoms with Gasteiger partial charge in [0, 0.05) is 35.1 Å². The van der Waals surface area contributed by atoms with Gasteiger partial charge in [-0.05, 0) is 56.0 Å². The second-order valence-corrected chi connectivity index (χ2v) is 9.06. The first-order chi connectivity index (χ1) is 14.6. The van der Waals surface area contributed by atoms with Crippen molar-refractivity contribution in [3.05, 3.63) is 56.7 Å². The van der Waals surface area contributed by atoms with Gasteiger partial charge in [0.05, 0.1) is 34.7 Å². The van der Waals surface area contributed by atoms with Gasteiger partial charge in [0.15, 0.2) is 0 Å². The third-order valence-corrected chi connectivity index (χ3v) is 6.65. The minimum absolute atomic E-state index is 0.212. The van der Waals surface area contributed by atoms with Gasteiger partial charge in [0.25, 0.3) is 0 Å². The van der Waals surface area contributed by atoms with E-state index in [2.05, 4.69) is 27.2 Å². The Morgan fingerprint density at radius 2 is 2.00 bits per heavy atom. The molecule has 156 valence electrons. The molecule has 2 aliphatic heterocycles. The highest BCUT2D eigenvalue weighted by Gasteiger charge is 2.29. The summed E-state index contributed by atoms with van der Waals surface area (Å²) >= 11 is 12.4. The quantitative estimate of drug-likeness (QED) is 0.746. The molecule has 0 saturated heterocycles. The number of likely N-dealkylation sites (N-methyl/N-ethyl adjacent to an activating group) is 1. The summed E-state index contributed by atoms with van der Waals surface area (Å²) in [6, 6.07) is 7.63. The van der Waals surface area contributed by atoms with Crippen LogP contribution in [-0.2, 0) is 6.54 Å². The van der Waals surface area contributed by atoms with Crippen LogP contribution in [-0.4, -0.2) is 24.7 Å². The molecule has 1 aliphatic carbocycles. The second kappa shape index (κ2) is 8.12. The number of nitrogens with zero attached hydrogens (tertiary/aromatic N) is 3. The predicted octanol–water partition coefficient (Wildman–Crippen LogP) is 4.73. The summed E-state index contributed by atoms with van der Waals surface area (Å²) in [7, 11) is 2.09. The molecule has 1 fully saturated rings. The molecule has 0 spiro atoms. The maximum atomic E-state index is 6.34. The maximum Gasteiger partial charge on any atom is 0.121 e. The van der Waals surface area contributed by atoms with E-state index in [0.717, 1.165) is 59.4 Å². The number of H-pyrrole nitrogens is 1. The van der Waals surface area contributed by atoms with Crippen molar-refractivity contribution >= 4 is 40.7 Å². The first-order valence-electron chi connectivity index (χ1n) is 10.4. The smallest absolute Gasteiger partial charge is 0.121 e. The number of ether oxygens (including phenoxy) is 1. The molecule has 3 heterocycles. The van der Waals surface area contributed by atoms with Crippen molar-refractivity contribution in [1.82, 2.24) is 4.98 Å². The van der Waals surface area contributed by atoms with E-state index in [-0.39, 0.29) is 6.10 Å². The Hall–Kier alpha value is -2.24. The van der Waals surface area contributed by atoms with Crippen LogP contribution in [0.5, 0.6) is 5.75 Å². The number of allylic oxidation sites excluding steroid dienone is 1. The van der Waals surface area contributed by atoms with Crippen LogP contribution in [0.3, 0.4) is 0 Å². The zero-order chi connectivity index (χ0) is 20.7. The van der Waals surface area contributed by atoms with Crippen molar-refractivity contribution < 1.29 is 4.74 Å². The summed E-state index contributed by atoms with van der Waals surface area (Å²) < 4.78 is 6.16. The fraction of sp³-hybridized carbons (Fsp3) is 0.391. The summed E-state index contributed by atoms with van der Waals surface area (Å²) in [4.78, 5) is 5.83. The number of nitrogens with one attached hydrogen (secondary N) is 1. The zero-order valence-electron chi connectivity index (χ0n) is 16.9. The Bertz CT molecular complexity index is 1140. The van der Waals surface area contributed by atoms with Crippen molar-refractivity contribution in [3.8, 4) is 5.75 Å². The number of aromatic nitrogens is 1. The van der Waals surface area contributed by atoms with Gasteiger partial charge in [0.1, 0.15) is 5.75 Å². The molecular formula is C23H24Cl2N4O. The maximum absolute atomic E-state index is 6.34. The number of aromatic amines is 1. The molecule has 5 nitrogen and oxygen atoms in total. The molecule has 1 N–H and O–H groups in total. The van der Waals surface area contributed by atoms with Crippen molar-refractivity contribution in [2.75, 3.05) is 18.5 Å². The Balaban J connectivity index is 1.40. The molecule has 1 saturated carbocycles. The summed E-state index contributed by atoms with van der Waals surface area (Å²) in [5, 5.41) is 12.7. The molecule has 3 aliphatic rings. The molecule has 1 aromatic heterocycles. The van der Waals surface area contributed by atoms with Crippen molar-refractivity contribution in [3.63, 3.8) is 0 Å². The lowest BCUT2D eigenvalue weighted by atomic mass is 9.84. The van der Waals surface area contributed by atoms with Gasteiger partial charge in [-0.1, -0.05) is 29.3 Å². The number of anilines is 1. The van der Waals surface area contributed by atoms with Crippen LogP contribution in [0.4, 0.5) is 5.69 Å². The van der Waals surface area contributed by atoms with Crippen LogP contribution in [0.2, 0.25) is 5.02 Å². The van der Waals surface area contributed by atoms with E-state index in [1.54, 1.807) is 0 Å². The van der Waals surface area contributed by atoms with Gasteiger partial charge in [-0.25, -0.2) is 0 Å². The molecule has 5 rings (SSSR count). The van der Waals surface area contributed by atoms with Gasteiger partial charge in [-0.3, -0.25) is 0 Å². The Morgan fingerprint density at radius 3 is 2.80 bits per heavy atom. The number of halogens is 2. The number of fused-ring (bicyclic) bond motifs is 3.